The molecule has 0 fully saturated rings. The molecule has 0 aromatic heterocycles. The topological polar surface area (TPSA) is 59.0 Å². The van der Waals surface area contributed by atoms with Crippen LogP contribution in [0, 0.1) is 11.7 Å². The molecule has 2 aromatic carbocycles. The van der Waals surface area contributed by atoms with Gasteiger partial charge in [0.1, 0.15) is 11.7 Å². The molecule has 1 atom stereocenters. The number of hydrogen-bond donors (Lipinski definition) is 0. The number of rotatable bonds is 3. The highest BCUT2D eigenvalue weighted by Crippen LogP contribution is 2.29. The zero-order valence-corrected chi connectivity index (χ0v) is 15.1. The highest BCUT2D eigenvalue weighted by atomic mass is 35.5. The normalized spacial score (nSPS) is 17.1. The molecular weight excluding hydrogens is 382 g/mol. The summed E-state index contributed by atoms with van der Waals surface area (Å²) in [7, 11) is 1.20. The number of hydrogen-bond acceptors (Lipinski definition) is 4. The zero-order valence-electron chi connectivity index (χ0n) is 13.6. The van der Waals surface area contributed by atoms with Gasteiger partial charge in [0.25, 0.3) is 5.91 Å². The number of hydrazone groups is 1. The minimum absolute atomic E-state index is 0.0370. The van der Waals surface area contributed by atoms with Crippen molar-refractivity contribution in [2.45, 2.75) is 6.42 Å². The molecule has 1 amide bonds. The van der Waals surface area contributed by atoms with E-state index < -0.39 is 23.6 Å². The summed E-state index contributed by atoms with van der Waals surface area (Å²) in [5.74, 6) is -2.90. The van der Waals surface area contributed by atoms with Crippen molar-refractivity contribution in [2.75, 3.05) is 12.1 Å². The van der Waals surface area contributed by atoms with Crippen LogP contribution in [-0.4, -0.2) is 24.7 Å². The van der Waals surface area contributed by atoms with Crippen LogP contribution >= 0.6 is 23.2 Å². The van der Waals surface area contributed by atoms with E-state index in [1.807, 2.05) is 0 Å². The largest absolute Gasteiger partial charge is 0.468 e. The van der Waals surface area contributed by atoms with Gasteiger partial charge in [-0.1, -0.05) is 35.3 Å². The first-order chi connectivity index (χ1) is 12.4. The van der Waals surface area contributed by atoms with Gasteiger partial charge in [0.05, 0.1) is 28.6 Å². The Morgan fingerprint density at radius 1 is 1.23 bits per heavy atom. The zero-order chi connectivity index (χ0) is 18.8. The van der Waals surface area contributed by atoms with E-state index in [0.29, 0.717) is 21.3 Å². The fourth-order valence-electron chi connectivity index (χ4n) is 2.61. The van der Waals surface area contributed by atoms with Crippen molar-refractivity contribution in [1.82, 2.24) is 0 Å². The van der Waals surface area contributed by atoms with Crippen LogP contribution in [0.2, 0.25) is 10.0 Å². The highest BCUT2D eigenvalue weighted by molar-refractivity contribution is 6.42. The van der Waals surface area contributed by atoms with E-state index in [9.17, 15) is 14.0 Å². The Balaban J connectivity index is 2.09. The maximum absolute atomic E-state index is 13.6. The third-order valence-electron chi connectivity index (χ3n) is 3.92. The Kier molecular flexibility index (Phi) is 5.25. The number of nitrogens with zero attached hydrogens (tertiary/aromatic N) is 2. The lowest BCUT2D eigenvalue weighted by atomic mass is 9.94. The predicted molar refractivity (Wildman–Crippen MR) is 97.0 cm³/mol. The SMILES string of the molecule is COC(=O)C1CC(c2ccc(Cl)c(Cl)c2)=NN(c2cccc(F)c2)C1=O. The fraction of sp³-hybridized carbons (Fsp3) is 0.167. The molecule has 0 saturated carbocycles. The average molecular weight is 395 g/mol. The Hall–Kier alpha value is -2.44. The Labute approximate surface area is 159 Å². The number of anilines is 1. The molecular formula is C18H13Cl2FN2O3. The minimum Gasteiger partial charge on any atom is -0.468 e. The number of benzene rings is 2. The Morgan fingerprint density at radius 2 is 2.00 bits per heavy atom. The van der Waals surface area contributed by atoms with Gasteiger partial charge in [-0.15, -0.1) is 0 Å². The van der Waals surface area contributed by atoms with E-state index >= 15 is 0 Å². The molecule has 1 unspecified atom stereocenters. The summed E-state index contributed by atoms with van der Waals surface area (Å²) in [4.78, 5) is 24.8. The molecule has 0 bridgehead atoms. The van der Waals surface area contributed by atoms with E-state index in [1.54, 1.807) is 18.2 Å². The van der Waals surface area contributed by atoms with Gasteiger partial charge in [-0.25, -0.2) is 4.39 Å². The standard InChI is InChI=1S/C18H13Cl2FN2O3/c1-26-18(25)13-9-16(10-5-6-14(19)15(20)7-10)22-23(17(13)24)12-4-2-3-11(21)8-12/h2-8,13H,9H2,1H3. The van der Waals surface area contributed by atoms with E-state index in [2.05, 4.69) is 5.10 Å². The molecule has 0 saturated heterocycles. The van der Waals surface area contributed by atoms with Gasteiger partial charge in [-0.05, 0) is 35.9 Å². The van der Waals surface area contributed by atoms with Crippen molar-refractivity contribution in [3.8, 4) is 0 Å². The third kappa shape index (κ3) is 3.57. The van der Waals surface area contributed by atoms with Gasteiger partial charge < -0.3 is 4.74 Å². The van der Waals surface area contributed by atoms with Crippen LogP contribution in [0.3, 0.4) is 0 Å². The molecule has 3 rings (SSSR count). The fourth-order valence-corrected chi connectivity index (χ4v) is 2.91. The summed E-state index contributed by atoms with van der Waals surface area (Å²) in [5.41, 5.74) is 1.24. The maximum Gasteiger partial charge on any atom is 0.318 e. The van der Waals surface area contributed by atoms with Crippen molar-refractivity contribution in [1.29, 1.82) is 0 Å². The van der Waals surface area contributed by atoms with Crippen LogP contribution in [0.1, 0.15) is 12.0 Å². The van der Waals surface area contributed by atoms with Crippen LogP contribution in [0.4, 0.5) is 10.1 Å². The second-order valence-electron chi connectivity index (χ2n) is 5.59. The first-order valence-electron chi connectivity index (χ1n) is 7.61. The van der Waals surface area contributed by atoms with Crippen molar-refractivity contribution >= 4 is 46.5 Å². The van der Waals surface area contributed by atoms with Crippen LogP contribution in [0.25, 0.3) is 0 Å². The highest BCUT2D eigenvalue weighted by Gasteiger charge is 2.38. The number of methoxy groups -OCH3 is 1. The van der Waals surface area contributed by atoms with E-state index in [1.165, 1.54) is 25.3 Å². The summed E-state index contributed by atoms with van der Waals surface area (Å²) >= 11 is 12.0. The van der Waals surface area contributed by atoms with Gasteiger partial charge in [0.15, 0.2) is 0 Å². The molecule has 0 radical (unpaired) electrons. The predicted octanol–water partition coefficient (Wildman–Crippen LogP) is 4.06. The summed E-state index contributed by atoms with van der Waals surface area (Å²) in [6.45, 7) is 0. The van der Waals surface area contributed by atoms with E-state index in [-0.39, 0.29) is 12.1 Å². The summed E-state index contributed by atoms with van der Waals surface area (Å²) in [5, 5.41) is 6.00. The van der Waals surface area contributed by atoms with Crippen LogP contribution in [-0.2, 0) is 14.3 Å². The van der Waals surface area contributed by atoms with Crippen molar-refractivity contribution in [3.63, 3.8) is 0 Å². The molecule has 26 heavy (non-hydrogen) atoms. The van der Waals surface area contributed by atoms with E-state index in [0.717, 1.165) is 11.1 Å². The maximum atomic E-state index is 13.6. The van der Waals surface area contributed by atoms with Gasteiger partial charge in [-0.2, -0.15) is 10.1 Å². The molecule has 2 aromatic rings. The monoisotopic (exact) mass is 394 g/mol. The van der Waals surface area contributed by atoms with Crippen LogP contribution < -0.4 is 5.01 Å². The molecule has 0 N–H and O–H groups in total. The number of carbonyl (C=O) groups excluding carboxylic acids is 2. The van der Waals surface area contributed by atoms with Crippen LogP contribution in [0.15, 0.2) is 47.6 Å². The second-order valence-corrected chi connectivity index (χ2v) is 6.40. The number of carbonyl (C=O) groups is 2. The smallest absolute Gasteiger partial charge is 0.318 e. The number of ether oxygens (including phenoxy) is 1. The average Bonchev–Trinajstić information content (AvgIpc) is 2.63. The number of halogens is 3. The lowest BCUT2D eigenvalue weighted by Crippen LogP contribution is -2.43. The lowest BCUT2D eigenvalue weighted by molar-refractivity contribution is -0.149. The first-order valence-corrected chi connectivity index (χ1v) is 8.36. The van der Waals surface area contributed by atoms with Crippen molar-refractivity contribution in [2.24, 2.45) is 11.0 Å². The quantitative estimate of drug-likeness (QED) is 0.582. The molecule has 0 aliphatic carbocycles. The molecule has 1 aliphatic heterocycles. The molecule has 1 heterocycles. The summed E-state index contributed by atoms with van der Waals surface area (Å²) < 4.78 is 18.3. The summed E-state index contributed by atoms with van der Waals surface area (Å²) in [6, 6.07) is 10.3. The minimum atomic E-state index is -1.09. The molecule has 5 nitrogen and oxygen atoms in total. The molecule has 134 valence electrons. The molecule has 8 heteroatoms. The van der Waals surface area contributed by atoms with Gasteiger partial charge in [-0.3, -0.25) is 9.59 Å². The second kappa shape index (κ2) is 7.43. The number of amides is 1. The lowest BCUT2D eigenvalue weighted by Gasteiger charge is -2.28. The van der Waals surface area contributed by atoms with Crippen molar-refractivity contribution < 1.29 is 18.7 Å². The number of esters is 1. The Bertz CT molecular complexity index is 917. The van der Waals surface area contributed by atoms with Gasteiger partial charge >= 0.3 is 5.97 Å². The van der Waals surface area contributed by atoms with Crippen molar-refractivity contribution in [3.05, 3.63) is 63.9 Å². The Morgan fingerprint density at radius 3 is 2.65 bits per heavy atom. The molecule has 1 aliphatic rings. The first kappa shape index (κ1) is 18.4. The summed E-state index contributed by atoms with van der Waals surface area (Å²) in [6.07, 6.45) is 0.0370. The van der Waals surface area contributed by atoms with Gasteiger partial charge in [0, 0.05) is 6.42 Å². The molecule has 0 spiro atoms. The van der Waals surface area contributed by atoms with E-state index in [4.69, 9.17) is 27.9 Å². The third-order valence-corrected chi connectivity index (χ3v) is 4.66. The van der Waals surface area contributed by atoms with Gasteiger partial charge in [0.2, 0.25) is 0 Å². The van der Waals surface area contributed by atoms with Crippen LogP contribution in [0.5, 0.6) is 0 Å².